The summed E-state index contributed by atoms with van der Waals surface area (Å²) >= 11 is 0. The SMILES string of the molecule is CS(=O)(=O)NC(=O)c1cc(C2CCC2)c(OCC23CC4CC(CC(C4)C2)C3)cc1F. The lowest BCUT2D eigenvalue weighted by Crippen LogP contribution is -2.48. The Hall–Kier alpha value is -1.63. The highest BCUT2D eigenvalue weighted by molar-refractivity contribution is 7.89. The van der Waals surface area contributed by atoms with Crippen LogP contribution in [-0.2, 0) is 10.0 Å². The maximum Gasteiger partial charge on any atom is 0.267 e. The summed E-state index contributed by atoms with van der Waals surface area (Å²) < 4.78 is 45.8. The van der Waals surface area contributed by atoms with E-state index in [-0.39, 0.29) is 16.9 Å². The monoisotopic (exact) mass is 435 g/mol. The average Bonchev–Trinajstić information content (AvgIpc) is 2.57. The molecule has 164 valence electrons. The standard InChI is InChI=1S/C23H30FNO4S/c1-30(27,28)25-22(26)19-8-18(17-3-2-4-17)21(9-20(19)24)29-13-23-10-14-5-15(11-23)7-16(6-14)12-23/h8-9,14-17H,2-7,10-13H2,1H3,(H,25,26). The average molecular weight is 436 g/mol. The van der Waals surface area contributed by atoms with Crippen molar-refractivity contribution in [2.24, 2.45) is 23.2 Å². The van der Waals surface area contributed by atoms with E-state index in [2.05, 4.69) is 0 Å². The summed E-state index contributed by atoms with van der Waals surface area (Å²) in [6.45, 7) is 0.616. The Morgan fingerprint density at radius 2 is 1.73 bits per heavy atom. The summed E-state index contributed by atoms with van der Waals surface area (Å²) in [6, 6.07) is 2.81. The topological polar surface area (TPSA) is 72.5 Å². The Morgan fingerprint density at radius 3 is 2.23 bits per heavy atom. The van der Waals surface area contributed by atoms with E-state index in [0.717, 1.165) is 48.8 Å². The molecule has 7 heteroatoms. The molecule has 30 heavy (non-hydrogen) atoms. The third kappa shape index (κ3) is 3.85. The number of rotatable bonds is 6. The Balaban J connectivity index is 1.39. The Labute approximate surface area is 177 Å². The summed E-state index contributed by atoms with van der Waals surface area (Å²) in [5.41, 5.74) is 0.824. The van der Waals surface area contributed by atoms with Crippen LogP contribution >= 0.6 is 0 Å². The van der Waals surface area contributed by atoms with Gasteiger partial charge in [-0.2, -0.15) is 0 Å². The molecule has 0 unspecified atom stereocenters. The summed E-state index contributed by atoms with van der Waals surface area (Å²) in [6.07, 6.45) is 11.7. The Kier molecular flexibility index (Phi) is 4.88. The third-order valence-electron chi connectivity index (χ3n) is 7.87. The van der Waals surface area contributed by atoms with Crippen molar-refractivity contribution in [2.75, 3.05) is 12.9 Å². The first-order chi connectivity index (χ1) is 14.2. The van der Waals surface area contributed by atoms with Crippen LogP contribution in [0, 0.1) is 29.0 Å². The molecule has 1 N–H and O–H groups in total. The Morgan fingerprint density at radius 1 is 1.13 bits per heavy atom. The third-order valence-corrected chi connectivity index (χ3v) is 8.42. The van der Waals surface area contributed by atoms with Gasteiger partial charge in [0.05, 0.1) is 18.4 Å². The van der Waals surface area contributed by atoms with Crippen molar-refractivity contribution in [3.8, 4) is 5.75 Å². The zero-order chi connectivity index (χ0) is 21.1. The van der Waals surface area contributed by atoms with Crippen LogP contribution in [0.2, 0.25) is 0 Å². The molecule has 0 aromatic heterocycles. The molecular weight excluding hydrogens is 405 g/mol. The molecule has 5 aliphatic carbocycles. The largest absolute Gasteiger partial charge is 0.493 e. The second-order valence-electron chi connectivity index (χ2n) is 10.4. The first-order valence-corrected chi connectivity index (χ1v) is 13.1. The summed E-state index contributed by atoms with van der Waals surface area (Å²) in [7, 11) is -3.76. The van der Waals surface area contributed by atoms with Gasteiger partial charge in [-0.1, -0.05) is 6.42 Å². The zero-order valence-corrected chi connectivity index (χ0v) is 18.3. The van der Waals surface area contributed by atoms with Crippen LogP contribution in [0.25, 0.3) is 0 Å². The number of ether oxygens (including phenoxy) is 1. The minimum Gasteiger partial charge on any atom is -0.493 e. The smallest absolute Gasteiger partial charge is 0.267 e. The van der Waals surface area contributed by atoms with Crippen LogP contribution < -0.4 is 9.46 Å². The van der Waals surface area contributed by atoms with Gasteiger partial charge in [0.15, 0.2) is 0 Å². The first kappa shape index (κ1) is 20.3. The van der Waals surface area contributed by atoms with Crippen LogP contribution in [0.4, 0.5) is 4.39 Å². The van der Waals surface area contributed by atoms with Gasteiger partial charge in [-0.25, -0.2) is 17.5 Å². The molecule has 5 aliphatic rings. The van der Waals surface area contributed by atoms with Crippen LogP contribution in [-0.4, -0.2) is 27.2 Å². The molecule has 0 atom stereocenters. The molecule has 0 aliphatic heterocycles. The van der Waals surface area contributed by atoms with Crippen LogP contribution in [0.3, 0.4) is 0 Å². The van der Waals surface area contributed by atoms with Crippen molar-refractivity contribution < 1.29 is 22.3 Å². The lowest BCUT2D eigenvalue weighted by Gasteiger charge is -2.56. The van der Waals surface area contributed by atoms with E-state index < -0.39 is 21.7 Å². The van der Waals surface area contributed by atoms with E-state index >= 15 is 0 Å². The molecule has 1 aromatic carbocycles. The molecule has 1 aromatic rings. The van der Waals surface area contributed by atoms with Gasteiger partial charge >= 0.3 is 0 Å². The zero-order valence-electron chi connectivity index (χ0n) is 17.5. The molecule has 0 radical (unpaired) electrons. The number of halogens is 1. The fraction of sp³-hybridized carbons (Fsp3) is 0.696. The van der Waals surface area contributed by atoms with Crippen LogP contribution in [0.1, 0.15) is 79.6 Å². The predicted molar refractivity (Wildman–Crippen MR) is 111 cm³/mol. The van der Waals surface area contributed by atoms with Crippen molar-refractivity contribution in [2.45, 2.75) is 63.7 Å². The lowest BCUT2D eigenvalue weighted by atomic mass is 9.50. The first-order valence-electron chi connectivity index (χ1n) is 11.2. The van der Waals surface area contributed by atoms with Crippen molar-refractivity contribution in [1.29, 1.82) is 0 Å². The van der Waals surface area contributed by atoms with E-state index in [1.54, 1.807) is 0 Å². The van der Waals surface area contributed by atoms with E-state index in [9.17, 15) is 17.6 Å². The fourth-order valence-corrected chi connectivity index (χ4v) is 7.28. The van der Waals surface area contributed by atoms with E-state index in [1.807, 2.05) is 4.72 Å². The van der Waals surface area contributed by atoms with Crippen LogP contribution in [0.15, 0.2) is 12.1 Å². The minimum absolute atomic E-state index is 0.217. The minimum atomic E-state index is -3.76. The quantitative estimate of drug-likeness (QED) is 0.720. The highest BCUT2D eigenvalue weighted by Gasteiger charge is 2.51. The number of nitrogens with one attached hydrogen (secondary N) is 1. The van der Waals surface area contributed by atoms with E-state index in [0.29, 0.717) is 12.4 Å². The second kappa shape index (κ2) is 7.21. The lowest BCUT2D eigenvalue weighted by molar-refractivity contribution is -0.0747. The predicted octanol–water partition coefficient (Wildman–Crippen LogP) is 4.38. The van der Waals surface area contributed by atoms with Gasteiger partial charge in [0.2, 0.25) is 10.0 Å². The normalized spacial score (nSPS) is 32.7. The number of benzene rings is 1. The summed E-state index contributed by atoms with van der Waals surface area (Å²) in [5.74, 6) is 1.58. The summed E-state index contributed by atoms with van der Waals surface area (Å²) in [4.78, 5) is 12.3. The van der Waals surface area contributed by atoms with Gasteiger partial charge in [-0.3, -0.25) is 4.79 Å². The molecule has 5 fully saturated rings. The van der Waals surface area contributed by atoms with Crippen LogP contribution in [0.5, 0.6) is 5.75 Å². The van der Waals surface area contributed by atoms with Crippen molar-refractivity contribution in [3.63, 3.8) is 0 Å². The second-order valence-corrected chi connectivity index (χ2v) is 12.2. The number of hydrogen-bond acceptors (Lipinski definition) is 4. The van der Waals surface area contributed by atoms with Gasteiger partial charge in [-0.05, 0) is 86.7 Å². The number of sulfonamides is 1. The van der Waals surface area contributed by atoms with Gasteiger partial charge < -0.3 is 4.74 Å². The molecule has 5 nitrogen and oxygen atoms in total. The number of amides is 1. The van der Waals surface area contributed by atoms with Gasteiger partial charge in [-0.15, -0.1) is 0 Å². The fourth-order valence-electron chi connectivity index (χ4n) is 6.83. The van der Waals surface area contributed by atoms with Gasteiger partial charge in [0.1, 0.15) is 11.6 Å². The van der Waals surface area contributed by atoms with Gasteiger partial charge in [0, 0.05) is 11.5 Å². The van der Waals surface area contributed by atoms with E-state index in [1.165, 1.54) is 50.7 Å². The maximum atomic E-state index is 14.8. The molecule has 6 rings (SSSR count). The van der Waals surface area contributed by atoms with Crippen molar-refractivity contribution in [3.05, 3.63) is 29.1 Å². The van der Waals surface area contributed by atoms with E-state index in [4.69, 9.17) is 4.74 Å². The Bertz CT molecular complexity index is 934. The molecule has 5 saturated carbocycles. The number of carbonyl (C=O) groups excluding carboxylic acids is 1. The highest BCUT2D eigenvalue weighted by Crippen LogP contribution is 2.60. The van der Waals surface area contributed by atoms with Crippen molar-refractivity contribution >= 4 is 15.9 Å². The highest BCUT2D eigenvalue weighted by atomic mass is 32.2. The molecule has 0 heterocycles. The molecule has 0 saturated heterocycles. The van der Waals surface area contributed by atoms with Crippen molar-refractivity contribution in [1.82, 2.24) is 4.72 Å². The maximum absolute atomic E-state index is 14.8. The molecule has 4 bridgehead atoms. The van der Waals surface area contributed by atoms with Gasteiger partial charge in [0.25, 0.3) is 5.91 Å². The molecule has 0 spiro atoms. The summed E-state index contributed by atoms with van der Waals surface area (Å²) in [5, 5.41) is 0. The molecule has 1 amide bonds. The molecular formula is C23H30FNO4S. The number of hydrogen-bond donors (Lipinski definition) is 1. The number of carbonyl (C=O) groups is 1.